The fourth-order valence-corrected chi connectivity index (χ4v) is 4.98. The number of nitrogens with zero attached hydrogens (tertiary/aromatic N) is 4. The van der Waals surface area contributed by atoms with E-state index in [4.69, 9.17) is 0 Å². The van der Waals surface area contributed by atoms with E-state index in [9.17, 15) is 9.59 Å². The first-order valence-corrected chi connectivity index (χ1v) is 10.1. The van der Waals surface area contributed by atoms with Gasteiger partial charge in [-0.15, -0.1) is 0 Å². The first-order chi connectivity index (χ1) is 14.5. The molecule has 7 heteroatoms. The van der Waals surface area contributed by atoms with Crippen LogP contribution in [0.5, 0.6) is 0 Å². The minimum Gasteiger partial charge on any atom is -0.333 e. The van der Waals surface area contributed by atoms with Gasteiger partial charge in [-0.2, -0.15) is 5.10 Å². The van der Waals surface area contributed by atoms with E-state index in [1.807, 2.05) is 73.3 Å². The lowest BCUT2D eigenvalue weighted by Crippen LogP contribution is -2.43. The Labute approximate surface area is 174 Å². The average Bonchev–Trinajstić information content (AvgIpc) is 3.38. The van der Waals surface area contributed by atoms with Crippen LogP contribution in [0.4, 0.5) is 5.69 Å². The van der Waals surface area contributed by atoms with Crippen LogP contribution in [0.25, 0.3) is 0 Å². The summed E-state index contributed by atoms with van der Waals surface area (Å²) in [5.74, 6) is 1.24. The van der Waals surface area contributed by atoms with E-state index in [1.165, 1.54) is 0 Å². The topological polar surface area (TPSA) is 80.1 Å². The molecule has 1 N–H and O–H groups in total. The number of carbonyl (C=O) groups is 2. The number of carbonyl (C=O) groups excluding carboxylic acids is 2. The molecule has 7 nitrogen and oxygen atoms in total. The van der Waals surface area contributed by atoms with Gasteiger partial charge in [-0.1, -0.05) is 48.5 Å². The molecule has 0 bridgehead atoms. The van der Waals surface area contributed by atoms with Crippen molar-refractivity contribution in [1.82, 2.24) is 19.7 Å². The summed E-state index contributed by atoms with van der Waals surface area (Å²) < 4.78 is 1.63. The second-order valence-electron chi connectivity index (χ2n) is 7.99. The number of likely N-dealkylation sites (tertiary alicyclic amines) is 1. The van der Waals surface area contributed by atoms with Gasteiger partial charge in [0.2, 0.25) is 11.8 Å². The smallest absolute Gasteiger partial charge is 0.244 e. The van der Waals surface area contributed by atoms with Gasteiger partial charge < -0.3 is 10.2 Å². The summed E-state index contributed by atoms with van der Waals surface area (Å²) in [6, 6.07) is 17.3. The summed E-state index contributed by atoms with van der Waals surface area (Å²) in [5.41, 5.74) is 1.97. The van der Waals surface area contributed by atoms with Gasteiger partial charge >= 0.3 is 0 Å². The number of aromatic nitrogens is 3. The molecule has 2 atom stereocenters. The van der Waals surface area contributed by atoms with Crippen molar-refractivity contribution < 1.29 is 9.59 Å². The van der Waals surface area contributed by atoms with Crippen LogP contribution < -0.4 is 5.32 Å². The van der Waals surface area contributed by atoms with E-state index in [-0.39, 0.29) is 24.4 Å². The van der Waals surface area contributed by atoms with E-state index in [1.54, 1.807) is 4.68 Å². The zero-order valence-electron chi connectivity index (χ0n) is 17.0. The van der Waals surface area contributed by atoms with Crippen LogP contribution in [0.2, 0.25) is 0 Å². The molecule has 0 radical (unpaired) electrons. The van der Waals surface area contributed by atoms with E-state index in [0.717, 1.165) is 16.8 Å². The number of aryl methyl sites for hydroxylation is 2. The van der Waals surface area contributed by atoms with Crippen molar-refractivity contribution in [1.29, 1.82) is 0 Å². The molecule has 2 aliphatic heterocycles. The lowest BCUT2D eigenvalue weighted by molar-refractivity contribution is -0.134. The van der Waals surface area contributed by atoms with Crippen LogP contribution in [0.1, 0.15) is 35.2 Å². The van der Waals surface area contributed by atoms with Gasteiger partial charge in [-0.05, 0) is 37.5 Å². The second-order valence-corrected chi connectivity index (χ2v) is 7.99. The van der Waals surface area contributed by atoms with E-state index >= 15 is 0 Å². The highest BCUT2D eigenvalue weighted by Gasteiger charge is 2.59. The van der Waals surface area contributed by atoms with Crippen molar-refractivity contribution in [3.05, 3.63) is 77.4 Å². The highest BCUT2D eigenvalue weighted by Crippen LogP contribution is 2.54. The summed E-state index contributed by atoms with van der Waals surface area (Å²) in [6.07, 6.45) is 0.580. The van der Waals surface area contributed by atoms with Crippen LogP contribution >= 0.6 is 0 Å². The SMILES string of the molecule is Cc1nc(C)n(CC(=O)N2CC[C@]3(C(=O)Nc4ccccc43)[C@@H]2c2ccccc2)n1. The molecular weight excluding hydrogens is 378 g/mol. The Bertz CT molecular complexity index is 1140. The third kappa shape index (κ3) is 2.65. The summed E-state index contributed by atoms with van der Waals surface area (Å²) in [5, 5.41) is 7.39. The normalized spacial score (nSPS) is 22.4. The number of para-hydroxylation sites is 1. The highest BCUT2D eigenvalue weighted by molar-refractivity contribution is 6.07. The summed E-state index contributed by atoms with van der Waals surface area (Å²) in [6.45, 7) is 4.27. The molecule has 3 aromatic rings. The Morgan fingerprint density at radius 2 is 1.87 bits per heavy atom. The highest BCUT2D eigenvalue weighted by atomic mass is 16.2. The number of amides is 2. The van der Waals surface area contributed by atoms with Crippen molar-refractivity contribution in [2.24, 2.45) is 0 Å². The summed E-state index contributed by atoms with van der Waals surface area (Å²) in [7, 11) is 0. The van der Waals surface area contributed by atoms with Gasteiger partial charge in [0.05, 0.1) is 6.04 Å². The molecular formula is C23H23N5O2. The zero-order chi connectivity index (χ0) is 20.9. The third-order valence-corrected chi connectivity index (χ3v) is 6.27. The number of anilines is 1. The molecule has 1 aromatic heterocycles. The Hall–Kier alpha value is -3.48. The lowest BCUT2D eigenvalue weighted by Gasteiger charge is -2.34. The van der Waals surface area contributed by atoms with Crippen LogP contribution in [-0.2, 0) is 21.5 Å². The van der Waals surface area contributed by atoms with Crippen molar-refractivity contribution in [3.63, 3.8) is 0 Å². The molecule has 1 spiro atoms. The van der Waals surface area contributed by atoms with E-state index < -0.39 is 5.41 Å². The number of benzene rings is 2. The first-order valence-electron chi connectivity index (χ1n) is 10.1. The zero-order valence-corrected chi connectivity index (χ0v) is 17.0. The minimum absolute atomic E-state index is 0.0411. The standard InChI is InChI=1S/C23H23N5O2/c1-15-24-16(2)28(26-15)14-20(29)27-13-12-23(21(27)17-8-4-3-5-9-17)18-10-6-7-11-19(18)25-22(23)30/h3-11,21H,12-14H2,1-2H3,(H,25,30)/t21-,23+/m0/s1. The maximum Gasteiger partial charge on any atom is 0.244 e. The van der Waals surface area contributed by atoms with Gasteiger partial charge in [0, 0.05) is 12.2 Å². The molecule has 2 aliphatic rings. The third-order valence-electron chi connectivity index (χ3n) is 6.27. The van der Waals surface area contributed by atoms with Gasteiger partial charge in [0.1, 0.15) is 23.6 Å². The number of nitrogens with one attached hydrogen (secondary N) is 1. The Morgan fingerprint density at radius 3 is 2.60 bits per heavy atom. The van der Waals surface area contributed by atoms with Gasteiger partial charge in [-0.3, -0.25) is 9.59 Å². The maximum absolute atomic E-state index is 13.4. The fraction of sp³-hybridized carbons (Fsp3) is 0.304. The monoisotopic (exact) mass is 401 g/mol. The van der Waals surface area contributed by atoms with E-state index in [0.29, 0.717) is 24.6 Å². The number of hydrogen-bond donors (Lipinski definition) is 1. The Kier molecular flexibility index (Phi) is 4.20. The Balaban J connectivity index is 1.59. The summed E-state index contributed by atoms with van der Waals surface area (Å²) >= 11 is 0. The molecule has 1 saturated heterocycles. The molecule has 5 rings (SSSR count). The largest absolute Gasteiger partial charge is 0.333 e. The van der Waals surface area contributed by atoms with Crippen molar-refractivity contribution in [2.75, 3.05) is 11.9 Å². The van der Waals surface area contributed by atoms with Crippen molar-refractivity contribution >= 4 is 17.5 Å². The second kappa shape index (κ2) is 6.79. The first kappa shape index (κ1) is 18.5. The van der Waals surface area contributed by atoms with Crippen LogP contribution in [0, 0.1) is 13.8 Å². The Morgan fingerprint density at radius 1 is 1.13 bits per heavy atom. The van der Waals surface area contributed by atoms with Crippen LogP contribution in [0.15, 0.2) is 54.6 Å². The molecule has 0 unspecified atom stereocenters. The van der Waals surface area contributed by atoms with E-state index in [2.05, 4.69) is 15.4 Å². The van der Waals surface area contributed by atoms with Crippen LogP contribution in [0.3, 0.4) is 0 Å². The molecule has 30 heavy (non-hydrogen) atoms. The molecule has 0 aliphatic carbocycles. The summed E-state index contributed by atoms with van der Waals surface area (Å²) in [4.78, 5) is 32.9. The molecule has 2 amide bonds. The fourth-order valence-electron chi connectivity index (χ4n) is 4.98. The number of fused-ring (bicyclic) bond motifs is 2. The maximum atomic E-state index is 13.4. The van der Waals surface area contributed by atoms with Gasteiger partial charge in [0.15, 0.2) is 0 Å². The minimum atomic E-state index is -0.791. The van der Waals surface area contributed by atoms with Gasteiger partial charge in [-0.25, -0.2) is 9.67 Å². The molecule has 2 aromatic carbocycles. The molecule has 152 valence electrons. The van der Waals surface area contributed by atoms with Crippen molar-refractivity contribution in [3.8, 4) is 0 Å². The molecule has 0 saturated carbocycles. The predicted octanol–water partition coefficient (Wildman–Crippen LogP) is 2.76. The quantitative estimate of drug-likeness (QED) is 0.732. The lowest BCUT2D eigenvalue weighted by atomic mass is 9.72. The number of rotatable bonds is 3. The van der Waals surface area contributed by atoms with Crippen LogP contribution in [-0.4, -0.2) is 38.0 Å². The van der Waals surface area contributed by atoms with Crippen molar-refractivity contribution in [2.45, 2.75) is 38.3 Å². The number of hydrogen-bond acceptors (Lipinski definition) is 4. The molecule has 1 fully saturated rings. The average molecular weight is 401 g/mol. The molecule has 3 heterocycles. The predicted molar refractivity (Wildman–Crippen MR) is 112 cm³/mol. The van der Waals surface area contributed by atoms with Gasteiger partial charge in [0.25, 0.3) is 0 Å².